The number of benzene rings is 2. The number of ether oxygens (including phenoxy) is 1. The van der Waals surface area contributed by atoms with Gasteiger partial charge in [-0.1, -0.05) is 0 Å². The van der Waals surface area contributed by atoms with Crippen LogP contribution in [0, 0.1) is 5.82 Å². The predicted octanol–water partition coefficient (Wildman–Crippen LogP) is 2.22. The molecule has 0 saturated carbocycles. The van der Waals surface area contributed by atoms with Crippen LogP contribution in [0.15, 0.2) is 41.3 Å². The molecule has 0 bridgehead atoms. The fourth-order valence-electron chi connectivity index (χ4n) is 2.03. The number of phenols is 1. The van der Waals surface area contributed by atoms with Gasteiger partial charge < -0.3 is 15.6 Å². The fraction of sp³-hybridized carbons (Fsp3) is 0.188. The van der Waals surface area contributed by atoms with Gasteiger partial charge in [-0.15, -0.1) is 0 Å². The Morgan fingerprint density at radius 2 is 1.84 bits per heavy atom. The monoisotopic (exact) mass is 368 g/mol. The molecule has 0 fully saturated rings. The lowest BCUT2D eigenvalue weighted by atomic mass is 10.2. The Kier molecular flexibility index (Phi) is 5.17. The van der Waals surface area contributed by atoms with Crippen molar-refractivity contribution in [1.82, 2.24) is 0 Å². The lowest BCUT2D eigenvalue weighted by Crippen LogP contribution is -2.17. The molecule has 0 aliphatic carbocycles. The van der Waals surface area contributed by atoms with E-state index in [9.17, 15) is 22.7 Å². The van der Waals surface area contributed by atoms with Crippen LogP contribution in [-0.4, -0.2) is 25.5 Å². The Labute approximate surface area is 144 Å². The van der Waals surface area contributed by atoms with E-state index in [1.165, 1.54) is 12.1 Å². The third-order valence-electron chi connectivity index (χ3n) is 3.08. The van der Waals surface area contributed by atoms with Crippen LogP contribution in [0.2, 0.25) is 0 Å². The summed E-state index contributed by atoms with van der Waals surface area (Å²) in [4.78, 5) is 10.4. The van der Waals surface area contributed by atoms with Gasteiger partial charge >= 0.3 is 0 Å². The summed E-state index contributed by atoms with van der Waals surface area (Å²) in [7, 11) is -4.34. The number of halogens is 1. The molecule has 1 amide bonds. The zero-order chi connectivity index (χ0) is 18.8. The molecule has 0 aliphatic heterocycles. The summed E-state index contributed by atoms with van der Waals surface area (Å²) in [6, 6.07) is 7.21. The topological polar surface area (TPSA) is 119 Å². The van der Waals surface area contributed by atoms with Gasteiger partial charge in [0.15, 0.2) is 0 Å². The number of carbonyl (C=O) groups excluding carboxylic acids is 1. The normalized spacial score (nSPS) is 11.4. The van der Waals surface area contributed by atoms with Crippen LogP contribution < -0.4 is 15.2 Å². The molecule has 0 radical (unpaired) electrons. The molecule has 0 saturated heterocycles. The quantitative estimate of drug-likeness (QED) is 0.722. The van der Waals surface area contributed by atoms with E-state index in [1.807, 2.05) is 13.8 Å². The van der Waals surface area contributed by atoms with Crippen LogP contribution >= 0.6 is 0 Å². The van der Waals surface area contributed by atoms with E-state index < -0.39 is 38.0 Å². The van der Waals surface area contributed by atoms with Gasteiger partial charge in [-0.3, -0.25) is 9.52 Å². The fourth-order valence-corrected chi connectivity index (χ4v) is 3.18. The molecule has 0 heterocycles. The van der Waals surface area contributed by atoms with E-state index in [0.717, 1.165) is 0 Å². The maximum Gasteiger partial charge on any atom is 0.264 e. The maximum absolute atomic E-state index is 13.9. The SMILES string of the molecule is CC(C)Oc1ccc(NS(=O)(=O)c2cc(C(N)=O)c(O)cc2F)cc1. The van der Waals surface area contributed by atoms with Gasteiger partial charge in [0, 0.05) is 11.8 Å². The number of nitrogens with one attached hydrogen (secondary N) is 1. The van der Waals surface area contributed by atoms with Gasteiger partial charge in [-0.25, -0.2) is 12.8 Å². The average molecular weight is 368 g/mol. The number of anilines is 1. The minimum absolute atomic E-state index is 0.0409. The molecule has 134 valence electrons. The Morgan fingerprint density at radius 3 is 2.36 bits per heavy atom. The molecular weight excluding hydrogens is 351 g/mol. The lowest BCUT2D eigenvalue weighted by Gasteiger charge is -2.12. The van der Waals surface area contributed by atoms with Crippen molar-refractivity contribution in [3.63, 3.8) is 0 Å². The Bertz CT molecular complexity index is 895. The molecule has 4 N–H and O–H groups in total. The van der Waals surface area contributed by atoms with Gasteiger partial charge in [0.05, 0.1) is 11.7 Å². The molecule has 0 unspecified atom stereocenters. The number of sulfonamides is 1. The number of aromatic hydroxyl groups is 1. The zero-order valence-electron chi connectivity index (χ0n) is 13.5. The number of amides is 1. The molecule has 25 heavy (non-hydrogen) atoms. The van der Waals surface area contributed by atoms with Crippen LogP contribution in [0.25, 0.3) is 0 Å². The highest BCUT2D eigenvalue weighted by Gasteiger charge is 2.23. The molecule has 9 heteroatoms. The van der Waals surface area contributed by atoms with E-state index in [4.69, 9.17) is 10.5 Å². The van der Waals surface area contributed by atoms with Crippen molar-refractivity contribution in [2.75, 3.05) is 4.72 Å². The smallest absolute Gasteiger partial charge is 0.264 e. The first-order valence-electron chi connectivity index (χ1n) is 7.22. The predicted molar refractivity (Wildman–Crippen MR) is 89.6 cm³/mol. The number of primary amides is 1. The highest BCUT2D eigenvalue weighted by Crippen LogP contribution is 2.26. The average Bonchev–Trinajstić information content (AvgIpc) is 2.47. The molecule has 0 atom stereocenters. The van der Waals surface area contributed by atoms with Crippen LogP contribution in [-0.2, 0) is 10.0 Å². The molecule has 7 nitrogen and oxygen atoms in total. The number of rotatable bonds is 6. The number of hydrogen-bond donors (Lipinski definition) is 3. The third kappa shape index (κ3) is 4.38. The van der Waals surface area contributed by atoms with Crippen molar-refractivity contribution in [2.24, 2.45) is 5.73 Å². The van der Waals surface area contributed by atoms with Gasteiger partial charge in [-0.05, 0) is 44.2 Å². The van der Waals surface area contributed by atoms with Gasteiger partial charge in [0.2, 0.25) is 0 Å². The largest absolute Gasteiger partial charge is 0.507 e. The first kappa shape index (κ1) is 18.5. The van der Waals surface area contributed by atoms with Crippen molar-refractivity contribution in [1.29, 1.82) is 0 Å². The second kappa shape index (κ2) is 6.98. The van der Waals surface area contributed by atoms with Crippen LogP contribution in [0.3, 0.4) is 0 Å². The van der Waals surface area contributed by atoms with E-state index in [-0.39, 0.29) is 11.8 Å². The van der Waals surface area contributed by atoms with Crippen molar-refractivity contribution in [2.45, 2.75) is 24.8 Å². The number of nitrogens with two attached hydrogens (primary N) is 1. The standard InChI is InChI=1S/C16H17FN2O5S/c1-9(2)24-11-5-3-10(4-6-11)19-25(22,23)15-7-12(16(18)21)14(20)8-13(15)17/h3-9,19-20H,1-2H3,(H2,18,21). The van der Waals surface area contributed by atoms with Gasteiger partial charge in [0.1, 0.15) is 22.2 Å². The highest BCUT2D eigenvalue weighted by molar-refractivity contribution is 7.92. The van der Waals surface area contributed by atoms with E-state index >= 15 is 0 Å². The molecule has 2 rings (SSSR count). The van der Waals surface area contributed by atoms with Crippen LogP contribution in [0.1, 0.15) is 24.2 Å². The first-order valence-corrected chi connectivity index (χ1v) is 8.70. The molecule has 0 aromatic heterocycles. The number of carbonyl (C=O) groups is 1. The summed E-state index contributed by atoms with van der Waals surface area (Å²) in [6.07, 6.45) is -0.0409. The minimum Gasteiger partial charge on any atom is -0.507 e. The Morgan fingerprint density at radius 1 is 1.24 bits per heavy atom. The van der Waals surface area contributed by atoms with Crippen LogP contribution in [0.4, 0.5) is 10.1 Å². The minimum atomic E-state index is -4.34. The number of hydrogen-bond acceptors (Lipinski definition) is 5. The molecule has 0 spiro atoms. The van der Waals surface area contributed by atoms with E-state index in [2.05, 4.69) is 4.72 Å². The van der Waals surface area contributed by atoms with Gasteiger partial charge in [-0.2, -0.15) is 0 Å². The lowest BCUT2D eigenvalue weighted by molar-refractivity contribution is 0.0997. The summed E-state index contributed by atoms with van der Waals surface area (Å²) >= 11 is 0. The summed E-state index contributed by atoms with van der Waals surface area (Å²) < 4.78 is 46.3. The summed E-state index contributed by atoms with van der Waals surface area (Å²) in [6.45, 7) is 3.70. The van der Waals surface area contributed by atoms with E-state index in [1.54, 1.807) is 12.1 Å². The molecular formula is C16H17FN2O5S. The highest BCUT2D eigenvalue weighted by atomic mass is 32.2. The third-order valence-corrected chi connectivity index (χ3v) is 4.48. The first-order chi connectivity index (χ1) is 11.6. The second-order valence-corrected chi connectivity index (χ2v) is 7.11. The Hall–Kier alpha value is -2.81. The summed E-state index contributed by atoms with van der Waals surface area (Å²) in [5, 5.41) is 9.47. The maximum atomic E-state index is 13.9. The van der Waals surface area contributed by atoms with Crippen molar-refractivity contribution >= 4 is 21.6 Å². The second-order valence-electron chi connectivity index (χ2n) is 5.46. The molecule has 0 aliphatic rings. The molecule has 2 aromatic rings. The van der Waals surface area contributed by atoms with Gasteiger partial charge in [0.25, 0.3) is 15.9 Å². The molecule has 2 aromatic carbocycles. The van der Waals surface area contributed by atoms with Crippen molar-refractivity contribution in [3.05, 3.63) is 47.8 Å². The van der Waals surface area contributed by atoms with E-state index in [0.29, 0.717) is 17.9 Å². The van der Waals surface area contributed by atoms with Crippen molar-refractivity contribution in [3.8, 4) is 11.5 Å². The zero-order valence-corrected chi connectivity index (χ0v) is 14.3. The summed E-state index contributed by atoms with van der Waals surface area (Å²) in [5.41, 5.74) is 4.71. The van der Waals surface area contributed by atoms with Crippen molar-refractivity contribution < 1.29 is 27.4 Å². The van der Waals surface area contributed by atoms with Crippen LogP contribution in [0.5, 0.6) is 11.5 Å². The summed E-state index contributed by atoms with van der Waals surface area (Å²) in [5.74, 6) is -2.48. The Balaban J connectivity index is 2.33.